The summed E-state index contributed by atoms with van der Waals surface area (Å²) in [4.78, 5) is 11.8. The van der Waals surface area contributed by atoms with Crippen LogP contribution in [0, 0.1) is 5.92 Å². The Balaban J connectivity index is 3.47. The van der Waals surface area contributed by atoms with Gasteiger partial charge in [0, 0.05) is 31.1 Å². The zero-order chi connectivity index (χ0) is 24.8. The van der Waals surface area contributed by atoms with Crippen LogP contribution in [0.4, 0.5) is 4.79 Å². The smallest absolute Gasteiger partial charge is 0.407 e. The summed E-state index contributed by atoms with van der Waals surface area (Å²) < 4.78 is 27.4. The third kappa shape index (κ3) is 26.3. The molecule has 0 bridgehead atoms. The number of hydrogen-bond donors (Lipinski definition) is 1. The summed E-state index contributed by atoms with van der Waals surface area (Å²) in [5, 5.41) is 2.71. The Morgan fingerprint density at radius 1 is 0.848 bits per heavy atom. The van der Waals surface area contributed by atoms with E-state index in [0.29, 0.717) is 45.0 Å². The van der Waals surface area contributed by atoms with Crippen LogP contribution in [0.15, 0.2) is 0 Å². The Labute approximate surface area is 210 Å². The van der Waals surface area contributed by atoms with Gasteiger partial charge in [-0.2, -0.15) is 0 Å². The summed E-state index contributed by atoms with van der Waals surface area (Å²) in [5.41, 5.74) is 0. The highest BCUT2D eigenvalue weighted by molar-refractivity contribution is 8.77. The number of alkyl carbamates (subject to hydrolysis) is 1. The van der Waals surface area contributed by atoms with E-state index in [1.807, 2.05) is 13.8 Å². The van der Waals surface area contributed by atoms with Gasteiger partial charge in [0.2, 0.25) is 0 Å². The van der Waals surface area contributed by atoms with Crippen molar-refractivity contribution < 1.29 is 28.5 Å². The first-order valence-corrected chi connectivity index (χ1v) is 14.6. The van der Waals surface area contributed by atoms with Gasteiger partial charge in [0.25, 0.3) is 0 Å². The number of nitrogens with one attached hydrogen (secondary N) is 1. The molecular formula is C24H49NO6S2. The Morgan fingerprint density at radius 2 is 1.52 bits per heavy atom. The number of rotatable bonds is 23. The fraction of sp³-hybridized carbons (Fsp3) is 0.958. The molecule has 198 valence electrons. The molecule has 1 N–H and O–H groups in total. The zero-order valence-corrected chi connectivity index (χ0v) is 23.5. The van der Waals surface area contributed by atoms with Gasteiger partial charge in [-0.25, -0.2) is 4.79 Å². The third-order valence-electron chi connectivity index (χ3n) is 4.45. The summed E-state index contributed by atoms with van der Waals surface area (Å²) in [6.07, 6.45) is 4.98. The Morgan fingerprint density at radius 3 is 2.21 bits per heavy atom. The van der Waals surface area contributed by atoms with E-state index in [4.69, 9.17) is 23.7 Å². The fourth-order valence-electron chi connectivity index (χ4n) is 2.52. The Kier molecular flexibility index (Phi) is 22.2. The van der Waals surface area contributed by atoms with Gasteiger partial charge in [0.1, 0.15) is 5.94 Å². The van der Waals surface area contributed by atoms with Crippen LogP contribution in [0.5, 0.6) is 0 Å². The maximum atomic E-state index is 11.8. The second kappa shape index (κ2) is 22.3. The quantitative estimate of drug-likeness (QED) is 0.103. The first kappa shape index (κ1) is 32.8. The van der Waals surface area contributed by atoms with Gasteiger partial charge in [-0.3, -0.25) is 0 Å². The largest absolute Gasteiger partial charge is 0.450 e. The second-order valence-corrected chi connectivity index (χ2v) is 12.1. The molecule has 0 aliphatic heterocycles. The van der Waals surface area contributed by atoms with Crippen molar-refractivity contribution in [2.24, 2.45) is 5.92 Å². The molecule has 0 fully saturated rings. The normalized spacial score (nSPS) is 12.0. The summed E-state index contributed by atoms with van der Waals surface area (Å²) in [6.45, 7) is 17.5. The van der Waals surface area contributed by atoms with E-state index in [1.54, 1.807) is 21.6 Å². The van der Waals surface area contributed by atoms with Gasteiger partial charge >= 0.3 is 6.09 Å². The summed E-state index contributed by atoms with van der Waals surface area (Å²) in [6, 6.07) is 0. The molecule has 0 aliphatic rings. The van der Waals surface area contributed by atoms with E-state index >= 15 is 0 Å². The molecule has 0 saturated carbocycles. The molecule has 0 radical (unpaired) electrons. The highest BCUT2D eigenvalue weighted by Crippen LogP contribution is 2.37. The van der Waals surface area contributed by atoms with Gasteiger partial charge < -0.3 is 29.0 Å². The molecule has 0 aromatic carbocycles. The van der Waals surface area contributed by atoms with E-state index in [9.17, 15) is 4.79 Å². The molecule has 0 atom stereocenters. The predicted octanol–water partition coefficient (Wildman–Crippen LogP) is 5.91. The number of carbonyl (C=O) groups is 1. The third-order valence-corrected chi connectivity index (χ3v) is 7.48. The highest BCUT2D eigenvalue weighted by Gasteiger charge is 2.19. The lowest BCUT2D eigenvalue weighted by atomic mass is 10.1. The molecule has 0 aromatic heterocycles. The van der Waals surface area contributed by atoms with Crippen LogP contribution >= 0.6 is 21.6 Å². The summed E-state index contributed by atoms with van der Waals surface area (Å²) in [5.74, 6) is 1.37. The van der Waals surface area contributed by atoms with Crippen LogP contribution in [-0.2, 0) is 23.7 Å². The van der Waals surface area contributed by atoms with Crippen molar-refractivity contribution in [3.8, 4) is 0 Å². The maximum absolute atomic E-state index is 11.8. The standard InChI is InChI=1S/C24H49NO6S2/c1-21(2)10-9-14-27-18-19-28-17-12-25-23(26)31-16-11-24(5,6)33-32-20-29-13-7-8-15-30-22(3)4/h21-22H,7-20H2,1-6H3,(H,25,26). The molecule has 0 rings (SSSR count). The van der Waals surface area contributed by atoms with Gasteiger partial charge in [-0.05, 0) is 65.7 Å². The van der Waals surface area contributed by atoms with Crippen molar-refractivity contribution in [2.45, 2.75) is 84.5 Å². The van der Waals surface area contributed by atoms with Crippen molar-refractivity contribution in [1.82, 2.24) is 5.32 Å². The average molecular weight is 512 g/mol. The minimum absolute atomic E-state index is 0.00229. The maximum Gasteiger partial charge on any atom is 0.407 e. The van der Waals surface area contributed by atoms with Crippen LogP contribution < -0.4 is 5.32 Å². The van der Waals surface area contributed by atoms with E-state index in [2.05, 4.69) is 33.0 Å². The molecule has 33 heavy (non-hydrogen) atoms. The predicted molar refractivity (Wildman–Crippen MR) is 140 cm³/mol. The lowest BCUT2D eigenvalue weighted by Gasteiger charge is -2.22. The number of carbonyl (C=O) groups excluding carboxylic acids is 1. The van der Waals surface area contributed by atoms with Gasteiger partial charge in [0.15, 0.2) is 0 Å². The summed E-state index contributed by atoms with van der Waals surface area (Å²) in [7, 11) is 3.46. The van der Waals surface area contributed by atoms with Crippen molar-refractivity contribution >= 4 is 27.7 Å². The monoisotopic (exact) mass is 511 g/mol. The number of unbranched alkanes of at least 4 members (excludes halogenated alkanes) is 1. The lowest BCUT2D eigenvalue weighted by Crippen LogP contribution is -2.29. The molecular weight excluding hydrogens is 462 g/mol. The van der Waals surface area contributed by atoms with Gasteiger partial charge in [-0.1, -0.05) is 35.4 Å². The van der Waals surface area contributed by atoms with Gasteiger partial charge in [-0.15, -0.1) is 0 Å². The van der Waals surface area contributed by atoms with Crippen LogP contribution in [0.25, 0.3) is 0 Å². The van der Waals surface area contributed by atoms with Crippen LogP contribution in [-0.4, -0.2) is 75.7 Å². The topological polar surface area (TPSA) is 75.3 Å². The minimum Gasteiger partial charge on any atom is -0.450 e. The van der Waals surface area contributed by atoms with Crippen LogP contribution in [0.2, 0.25) is 0 Å². The van der Waals surface area contributed by atoms with Gasteiger partial charge in [0.05, 0.1) is 32.5 Å². The fourth-order valence-corrected chi connectivity index (χ4v) is 4.80. The molecule has 0 spiro atoms. The first-order chi connectivity index (χ1) is 15.7. The van der Waals surface area contributed by atoms with E-state index in [0.717, 1.165) is 51.4 Å². The lowest BCUT2D eigenvalue weighted by molar-refractivity contribution is 0.0462. The van der Waals surface area contributed by atoms with E-state index < -0.39 is 6.09 Å². The average Bonchev–Trinajstić information content (AvgIpc) is 2.73. The van der Waals surface area contributed by atoms with Crippen molar-refractivity contribution in [3.63, 3.8) is 0 Å². The molecule has 9 heteroatoms. The number of ether oxygens (including phenoxy) is 5. The molecule has 7 nitrogen and oxygen atoms in total. The van der Waals surface area contributed by atoms with Crippen molar-refractivity contribution in [1.29, 1.82) is 0 Å². The SMILES string of the molecule is CC(C)CCCOCCOCCNC(=O)OCCC(C)(C)SSCOCCCCOC(C)C. The van der Waals surface area contributed by atoms with Crippen LogP contribution in [0.3, 0.4) is 0 Å². The first-order valence-electron chi connectivity index (χ1n) is 12.3. The molecule has 0 aromatic rings. The molecule has 0 heterocycles. The Hall–Kier alpha value is -0.190. The minimum atomic E-state index is -0.401. The molecule has 0 unspecified atom stereocenters. The van der Waals surface area contributed by atoms with Crippen molar-refractivity contribution in [3.05, 3.63) is 0 Å². The zero-order valence-electron chi connectivity index (χ0n) is 21.8. The van der Waals surface area contributed by atoms with E-state index in [1.165, 1.54) is 6.42 Å². The van der Waals surface area contributed by atoms with Crippen molar-refractivity contribution in [2.75, 3.05) is 58.7 Å². The highest BCUT2D eigenvalue weighted by atomic mass is 33.1. The Bertz CT molecular complexity index is 453. The molecule has 1 amide bonds. The number of hydrogen-bond acceptors (Lipinski definition) is 8. The van der Waals surface area contributed by atoms with E-state index in [-0.39, 0.29) is 4.75 Å². The number of amides is 1. The molecule has 0 aliphatic carbocycles. The molecule has 0 saturated heterocycles. The second-order valence-electron chi connectivity index (χ2n) is 9.19. The summed E-state index contributed by atoms with van der Waals surface area (Å²) >= 11 is 0. The van der Waals surface area contributed by atoms with Crippen LogP contribution in [0.1, 0.15) is 73.6 Å².